The fourth-order valence-corrected chi connectivity index (χ4v) is 3.99. The molecule has 4 aromatic rings. The molecule has 0 aliphatic rings. The second-order valence-corrected chi connectivity index (χ2v) is 8.31. The molecule has 0 amide bonds. The number of halogens is 1. The number of aromatic nitrogens is 5. The lowest BCUT2D eigenvalue weighted by Gasteiger charge is -2.11. The SMILES string of the molecule is C=C(C(=C)c1nc2c(-c3cccc(F)c3)nccc2[nH]1)/C(=C\C=C(/C)c1cn(C)nc1CC)NC.CC. The Morgan fingerprint density at radius 3 is 2.62 bits per heavy atom. The van der Waals surface area contributed by atoms with Gasteiger partial charge in [-0.05, 0) is 43.2 Å². The van der Waals surface area contributed by atoms with Crippen molar-refractivity contribution in [1.82, 2.24) is 30.0 Å². The summed E-state index contributed by atoms with van der Waals surface area (Å²) in [7, 11) is 3.78. The van der Waals surface area contributed by atoms with E-state index in [1.807, 2.05) is 63.1 Å². The maximum atomic E-state index is 13.8. The molecule has 6 nitrogen and oxygen atoms in total. The molecule has 0 saturated carbocycles. The van der Waals surface area contributed by atoms with Gasteiger partial charge in [-0.1, -0.05) is 52.1 Å². The van der Waals surface area contributed by atoms with Crippen LogP contribution in [0.1, 0.15) is 44.8 Å². The van der Waals surface area contributed by atoms with Crippen LogP contribution in [0.25, 0.3) is 33.4 Å². The molecule has 1 aromatic carbocycles. The number of likely N-dealkylation sites (N-methyl/N-ethyl adjacent to an activating group) is 1. The van der Waals surface area contributed by atoms with E-state index in [-0.39, 0.29) is 5.82 Å². The molecule has 192 valence electrons. The predicted octanol–water partition coefficient (Wildman–Crippen LogP) is 6.86. The summed E-state index contributed by atoms with van der Waals surface area (Å²) in [4.78, 5) is 12.5. The number of allylic oxidation sites excluding steroid dienone is 4. The summed E-state index contributed by atoms with van der Waals surface area (Å²) in [6.45, 7) is 16.7. The number of hydrogen-bond donors (Lipinski definition) is 2. The number of benzene rings is 1. The molecule has 4 rings (SSSR count). The molecule has 0 unspecified atom stereocenters. The van der Waals surface area contributed by atoms with Gasteiger partial charge in [0, 0.05) is 54.5 Å². The molecule has 0 bridgehead atoms. The molecule has 0 saturated heterocycles. The molecular formula is C30H35FN6. The third-order valence-corrected chi connectivity index (χ3v) is 5.91. The van der Waals surface area contributed by atoms with Gasteiger partial charge in [-0.3, -0.25) is 9.67 Å². The van der Waals surface area contributed by atoms with Gasteiger partial charge in [0.05, 0.1) is 16.9 Å². The van der Waals surface area contributed by atoms with Crippen molar-refractivity contribution in [1.29, 1.82) is 0 Å². The summed E-state index contributed by atoms with van der Waals surface area (Å²) in [5.74, 6) is 0.261. The van der Waals surface area contributed by atoms with E-state index in [9.17, 15) is 4.39 Å². The predicted molar refractivity (Wildman–Crippen MR) is 152 cm³/mol. The minimum Gasteiger partial charge on any atom is -0.388 e. The Morgan fingerprint density at radius 1 is 1.19 bits per heavy atom. The molecular weight excluding hydrogens is 463 g/mol. The van der Waals surface area contributed by atoms with Gasteiger partial charge in [-0.15, -0.1) is 0 Å². The highest BCUT2D eigenvalue weighted by Crippen LogP contribution is 2.29. The summed E-state index contributed by atoms with van der Waals surface area (Å²) < 4.78 is 15.6. The summed E-state index contributed by atoms with van der Waals surface area (Å²) in [6, 6.07) is 8.17. The number of H-pyrrole nitrogens is 1. The van der Waals surface area contributed by atoms with Crippen molar-refractivity contribution in [2.45, 2.75) is 34.1 Å². The molecule has 3 heterocycles. The zero-order valence-corrected chi connectivity index (χ0v) is 22.5. The fourth-order valence-electron chi connectivity index (χ4n) is 3.99. The van der Waals surface area contributed by atoms with Gasteiger partial charge in [0.2, 0.25) is 0 Å². The first-order chi connectivity index (χ1) is 17.8. The summed E-state index contributed by atoms with van der Waals surface area (Å²) in [6.07, 6.45) is 8.61. The normalized spacial score (nSPS) is 11.8. The number of rotatable bonds is 8. The average molecular weight is 499 g/mol. The molecule has 0 radical (unpaired) electrons. The molecule has 7 heteroatoms. The molecule has 0 atom stereocenters. The number of hydrogen-bond acceptors (Lipinski definition) is 4. The van der Waals surface area contributed by atoms with Gasteiger partial charge in [-0.25, -0.2) is 9.37 Å². The van der Waals surface area contributed by atoms with Crippen molar-refractivity contribution < 1.29 is 4.39 Å². The lowest BCUT2D eigenvalue weighted by atomic mass is 10.0. The van der Waals surface area contributed by atoms with Crippen molar-refractivity contribution in [3.05, 3.63) is 102 Å². The van der Waals surface area contributed by atoms with E-state index in [4.69, 9.17) is 4.98 Å². The van der Waals surface area contributed by atoms with Crippen LogP contribution in [0.15, 0.2) is 79.3 Å². The van der Waals surface area contributed by atoms with Crippen LogP contribution in [-0.2, 0) is 13.5 Å². The number of nitrogens with one attached hydrogen (secondary N) is 2. The zero-order valence-electron chi connectivity index (χ0n) is 22.5. The summed E-state index contributed by atoms with van der Waals surface area (Å²) in [5.41, 5.74) is 8.18. The second-order valence-electron chi connectivity index (χ2n) is 8.31. The Bertz CT molecular complexity index is 1490. The molecule has 0 spiro atoms. The van der Waals surface area contributed by atoms with Crippen molar-refractivity contribution in [2.75, 3.05) is 7.05 Å². The Hall–Kier alpha value is -4.26. The first-order valence-corrected chi connectivity index (χ1v) is 12.4. The minimum absolute atomic E-state index is 0.320. The van der Waals surface area contributed by atoms with Crippen LogP contribution in [0.3, 0.4) is 0 Å². The zero-order chi connectivity index (χ0) is 27.1. The number of nitrogens with zero attached hydrogens (tertiary/aromatic N) is 4. The quantitative estimate of drug-likeness (QED) is 0.260. The number of aryl methyl sites for hydroxylation is 2. The molecule has 2 N–H and O–H groups in total. The number of imidazole rings is 1. The van der Waals surface area contributed by atoms with E-state index < -0.39 is 0 Å². The maximum Gasteiger partial charge on any atom is 0.138 e. The lowest BCUT2D eigenvalue weighted by Crippen LogP contribution is -2.09. The van der Waals surface area contributed by atoms with Crippen LogP contribution in [-0.4, -0.2) is 31.8 Å². The Kier molecular flexibility index (Phi) is 8.95. The number of fused-ring (bicyclic) bond motifs is 1. The largest absolute Gasteiger partial charge is 0.388 e. The van der Waals surface area contributed by atoms with E-state index >= 15 is 0 Å². The average Bonchev–Trinajstić information content (AvgIpc) is 3.52. The van der Waals surface area contributed by atoms with Crippen LogP contribution in [0.5, 0.6) is 0 Å². The third kappa shape index (κ3) is 5.94. The van der Waals surface area contributed by atoms with Crippen LogP contribution in [0, 0.1) is 5.82 Å². The third-order valence-electron chi connectivity index (χ3n) is 5.91. The monoisotopic (exact) mass is 498 g/mol. The van der Waals surface area contributed by atoms with Crippen LogP contribution in [0.4, 0.5) is 4.39 Å². The highest BCUT2D eigenvalue weighted by atomic mass is 19.1. The summed E-state index contributed by atoms with van der Waals surface area (Å²) >= 11 is 0. The first-order valence-electron chi connectivity index (χ1n) is 12.4. The van der Waals surface area contributed by atoms with Crippen LogP contribution < -0.4 is 5.32 Å². The Balaban J connectivity index is 0.00000186. The highest BCUT2D eigenvalue weighted by Gasteiger charge is 2.16. The van der Waals surface area contributed by atoms with Crippen LogP contribution in [0.2, 0.25) is 0 Å². The van der Waals surface area contributed by atoms with E-state index in [2.05, 4.69) is 47.4 Å². The Morgan fingerprint density at radius 2 is 1.95 bits per heavy atom. The van der Waals surface area contributed by atoms with E-state index in [1.54, 1.807) is 12.3 Å². The highest BCUT2D eigenvalue weighted by molar-refractivity contribution is 5.92. The van der Waals surface area contributed by atoms with Gasteiger partial charge < -0.3 is 10.3 Å². The number of aromatic amines is 1. The molecule has 0 aliphatic carbocycles. The van der Waals surface area contributed by atoms with Gasteiger partial charge in [0.1, 0.15) is 17.2 Å². The molecule has 37 heavy (non-hydrogen) atoms. The maximum absolute atomic E-state index is 13.8. The van der Waals surface area contributed by atoms with Crippen molar-refractivity contribution in [3.63, 3.8) is 0 Å². The lowest BCUT2D eigenvalue weighted by molar-refractivity contribution is 0.628. The Labute approximate surface area is 218 Å². The molecule has 3 aromatic heterocycles. The standard InChI is InChI=1S/C28H29FN6.C2H6/c1-7-23-22(16-35(6)34-23)17(2)11-12-24(30-5)18(3)19(4)28-32-25-13-14-31-26(27(25)33-28)20-9-8-10-21(29)15-20;1-2/h8-16,30H,3-4,7H2,1-2,5-6H3,(H,32,33);1-2H3/b17-11+,24-12+;. The smallest absolute Gasteiger partial charge is 0.138 e. The first kappa shape index (κ1) is 27.3. The van der Waals surface area contributed by atoms with E-state index in [0.29, 0.717) is 33.7 Å². The number of pyridine rings is 1. The van der Waals surface area contributed by atoms with Gasteiger partial charge in [-0.2, -0.15) is 5.10 Å². The van der Waals surface area contributed by atoms with Crippen molar-refractivity contribution >= 4 is 22.2 Å². The second kappa shape index (κ2) is 12.1. The molecule has 0 aliphatic heterocycles. The van der Waals surface area contributed by atoms with Crippen LogP contribution >= 0.6 is 0 Å². The van der Waals surface area contributed by atoms with Gasteiger partial charge in [0.15, 0.2) is 0 Å². The van der Waals surface area contributed by atoms with E-state index in [1.165, 1.54) is 12.1 Å². The van der Waals surface area contributed by atoms with Crippen molar-refractivity contribution in [2.24, 2.45) is 7.05 Å². The van der Waals surface area contributed by atoms with Crippen molar-refractivity contribution in [3.8, 4) is 11.3 Å². The summed E-state index contributed by atoms with van der Waals surface area (Å²) in [5, 5.41) is 7.73. The van der Waals surface area contributed by atoms with Gasteiger partial charge in [0.25, 0.3) is 0 Å². The minimum atomic E-state index is -0.320. The molecule has 0 fully saturated rings. The van der Waals surface area contributed by atoms with Gasteiger partial charge >= 0.3 is 0 Å². The topological polar surface area (TPSA) is 71.4 Å². The van der Waals surface area contributed by atoms with E-state index in [0.717, 1.165) is 34.5 Å². The fraction of sp³-hybridized carbons (Fsp3) is 0.233.